The third kappa shape index (κ3) is 1.60. The monoisotopic (exact) mass is 204 g/mol. The SMILES string of the molecule is N#CCn1nnc(CO)c1-c1ccco1. The smallest absolute Gasteiger partial charge is 0.153 e. The van der Waals surface area contributed by atoms with E-state index in [0.29, 0.717) is 17.1 Å². The number of aliphatic hydroxyl groups is 1. The Kier molecular flexibility index (Phi) is 2.48. The van der Waals surface area contributed by atoms with E-state index in [1.165, 1.54) is 10.9 Å². The van der Waals surface area contributed by atoms with Crippen molar-refractivity contribution in [3.8, 4) is 17.5 Å². The average molecular weight is 204 g/mol. The number of aliphatic hydroxyl groups excluding tert-OH is 1. The maximum absolute atomic E-state index is 9.06. The van der Waals surface area contributed by atoms with Gasteiger partial charge in [-0.05, 0) is 12.1 Å². The van der Waals surface area contributed by atoms with Crippen molar-refractivity contribution in [2.24, 2.45) is 0 Å². The van der Waals surface area contributed by atoms with Crippen molar-refractivity contribution in [1.29, 1.82) is 5.26 Å². The van der Waals surface area contributed by atoms with Crippen LogP contribution in [0.3, 0.4) is 0 Å². The molecule has 2 heterocycles. The first-order valence-corrected chi connectivity index (χ1v) is 4.31. The molecular weight excluding hydrogens is 196 g/mol. The lowest BCUT2D eigenvalue weighted by Crippen LogP contribution is -2.00. The Balaban J connectivity index is 2.52. The van der Waals surface area contributed by atoms with Crippen LogP contribution < -0.4 is 0 Å². The van der Waals surface area contributed by atoms with Gasteiger partial charge in [-0.3, -0.25) is 0 Å². The van der Waals surface area contributed by atoms with Gasteiger partial charge in [-0.15, -0.1) is 5.10 Å². The molecule has 0 radical (unpaired) electrons. The Morgan fingerprint density at radius 1 is 1.60 bits per heavy atom. The Morgan fingerprint density at radius 2 is 2.47 bits per heavy atom. The maximum atomic E-state index is 9.06. The van der Waals surface area contributed by atoms with Crippen LogP contribution in [0.25, 0.3) is 11.5 Å². The highest BCUT2D eigenvalue weighted by Gasteiger charge is 2.15. The van der Waals surface area contributed by atoms with Crippen LogP contribution in [0.5, 0.6) is 0 Å². The van der Waals surface area contributed by atoms with Gasteiger partial charge in [0.25, 0.3) is 0 Å². The van der Waals surface area contributed by atoms with E-state index in [4.69, 9.17) is 14.8 Å². The lowest BCUT2D eigenvalue weighted by Gasteiger charge is -1.99. The summed E-state index contributed by atoms with van der Waals surface area (Å²) in [4.78, 5) is 0. The van der Waals surface area contributed by atoms with E-state index in [9.17, 15) is 0 Å². The average Bonchev–Trinajstić information content (AvgIpc) is 2.85. The van der Waals surface area contributed by atoms with Gasteiger partial charge in [-0.1, -0.05) is 5.21 Å². The minimum Gasteiger partial charge on any atom is -0.463 e. The molecule has 0 unspecified atom stereocenters. The fraction of sp³-hybridized carbons (Fsp3) is 0.222. The normalized spacial score (nSPS) is 10.1. The van der Waals surface area contributed by atoms with Gasteiger partial charge < -0.3 is 9.52 Å². The van der Waals surface area contributed by atoms with E-state index in [1.54, 1.807) is 12.1 Å². The fourth-order valence-corrected chi connectivity index (χ4v) is 1.32. The second-order valence-electron chi connectivity index (χ2n) is 2.84. The molecule has 0 fully saturated rings. The topological polar surface area (TPSA) is 87.9 Å². The number of furan rings is 1. The summed E-state index contributed by atoms with van der Waals surface area (Å²) in [6, 6.07) is 5.41. The van der Waals surface area contributed by atoms with Gasteiger partial charge in [0, 0.05) is 0 Å². The van der Waals surface area contributed by atoms with Crippen molar-refractivity contribution in [2.75, 3.05) is 0 Å². The third-order valence-corrected chi connectivity index (χ3v) is 1.93. The van der Waals surface area contributed by atoms with Crippen LogP contribution >= 0.6 is 0 Å². The summed E-state index contributed by atoms with van der Waals surface area (Å²) >= 11 is 0. The zero-order valence-electron chi connectivity index (χ0n) is 7.79. The zero-order valence-corrected chi connectivity index (χ0v) is 7.79. The lowest BCUT2D eigenvalue weighted by molar-refractivity contribution is 0.277. The quantitative estimate of drug-likeness (QED) is 0.788. The largest absolute Gasteiger partial charge is 0.463 e. The van der Waals surface area contributed by atoms with Crippen molar-refractivity contribution in [3.63, 3.8) is 0 Å². The summed E-state index contributed by atoms with van der Waals surface area (Å²) < 4.78 is 6.58. The maximum Gasteiger partial charge on any atom is 0.153 e. The summed E-state index contributed by atoms with van der Waals surface area (Å²) in [5.41, 5.74) is 0.948. The number of nitrogens with zero attached hydrogens (tertiary/aromatic N) is 4. The Hall–Kier alpha value is -2.13. The van der Waals surface area contributed by atoms with Gasteiger partial charge in [-0.2, -0.15) is 5.26 Å². The van der Waals surface area contributed by atoms with Crippen LogP contribution in [-0.4, -0.2) is 20.1 Å². The van der Waals surface area contributed by atoms with Gasteiger partial charge in [0.1, 0.15) is 17.9 Å². The third-order valence-electron chi connectivity index (χ3n) is 1.93. The first-order valence-electron chi connectivity index (χ1n) is 4.31. The predicted octanol–water partition coefficient (Wildman–Crippen LogP) is 0.554. The molecule has 76 valence electrons. The summed E-state index contributed by atoms with van der Waals surface area (Å²) in [5, 5.41) is 25.2. The van der Waals surface area contributed by atoms with Crippen LogP contribution in [0.1, 0.15) is 5.69 Å². The highest BCUT2D eigenvalue weighted by molar-refractivity contribution is 5.55. The van der Waals surface area contributed by atoms with Crippen LogP contribution in [-0.2, 0) is 13.2 Å². The van der Waals surface area contributed by atoms with E-state index in [-0.39, 0.29) is 13.2 Å². The molecule has 0 aliphatic carbocycles. The fourth-order valence-electron chi connectivity index (χ4n) is 1.32. The Morgan fingerprint density at radius 3 is 3.07 bits per heavy atom. The zero-order chi connectivity index (χ0) is 10.7. The van der Waals surface area contributed by atoms with Crippen molar-refractivity contribution >= 4 is 0 Å². The van der Waals surface area contributed by atoms with Gasteiger partial charge in [-0.25, -0.2) is 4.68 Å². The van der Waals surface area contributed by atoms with Crippen LogP contribution in [0.15, 0.2) is 22.8 Å². The van der Waals surface area contributed by atoms with E-state index in [2.05, 4.69) is 10.3 Å². The molecule has 2 aromatic heterocycles. The molecule has 0 saturated carbocycles. The standard InChI is InChI=1S/C9H8N4O2/c10-3-4-13-9(7(6-14)11-12-13)8-2-1-5-15-8/h1-2,5,14H,4,6H2. The molecule has 2 rings (SSSR count). The predicted molar refractivity (Wildman–Crippen MR) is 49.3 cm³/mol. The van der Waals surface area contributed by atoms with E-state index < -0.39 is 0 Å². The van der Waals surface area contributed by atoms with Crippen molar-refractivity contribution < 1.29 is 9.52 Å². The molecule has 0 amide bonds. The summed E-state index contributed by atoms with van der Waals surface area (Å²) in [7, 11) is 0. The first kappa shape index (κ1) is 9.43. The number of rotatable bonds is 3. The molecule has 0 atom stereocenters. The second kappa shape index (κ2) is 3.94. The summed E-state index contributed by atoms with van der Waals surface area (Å²) in [6.07, 6.45) is 1.51. The number of nitriles is 1. The van der Waals surface area contributed by atoms with Gasteiger partial charge in [0.15, 0.2) is 5.76 Å². The lowest BCUT2D eigenvalue weighted by atomic mass is 10.2. The molecule has 15 heavy (non-hydrogen) atoms. The van der Waals surface area contributed by atoms with Gasteiger partial charge in [0.05, 0.1) is 18.9 Å². The molecule has 1 N–H and O–H groups in total. The first-order chi connectivity index (χ1) is 7.36. The van der Waals surface area contributed by atoms with E-state index >= 15 is 0 Å². The molecular formula is C9H8N4O2. The minimum atomic E-state index is -0.235. The van der Waals surface area contributed by atoms with Gasteiger partial charge >= 0.3 is 0 Å². The molecule has 0 aliphatic heterocycles. The molecule has 6 nitrogen and oxygen atoms in total. The van der Waals surface area contributed by atoms with Crippen LogP contribution in [0, 0.1) is 11.3 Å². The summed E-state index contributed by atoms with van der Waals surface area (Å²) in [6.45, 7) is -0.162. The molecule has 2 aromatic rings. The highest BCUT2D eigenvalue weighted by Crippen LogP contribution is 2.22. The summed E-state index contributed by atoms with van der Waals surface area (Å²) in [5.74, 6) is 0.541. The number of aromatic nitrogens is 3. The molecule has 0 spiro atoms. The molecule has 0 bridgehead atoms. The molecule has 0 saturated heterocycles. The number of hydrogen-bond donors (Lipinski definition) is 1. The van der Waals surface area contributed by atoms with E-state index in [1.807, 2.05) is 6.07 Å². The molecule has 6 heteroatoms. The van der Waals surface area contributed by atoms with Crippen molar-refractivity contribution in [2.45, 2.75) is 13.2 Å². The van der Waals surface area contributed by atoms with Crippen LogP contribution in [0.2, 0.25) is 0 Å². The van der Waals surface area contributed by atoms with E-state index in [0.717, 1.165) is 0 Å². The Labute approximate surface area is 85.4 Å². The van der Waals surface area contributed by atoms with Crippen molar-refractivity contribution in [3.05, 3.63) is 24.1 Å². The Bertz CT molecular complexity index is 481. The molecule has 0 aliphatic rings. The second-order valence-corrected chi connectivity index (χ2v) is 2.84. The van der Waals surface area contributed by atoms with Crippen molar-refractivity contribution in [1.82, 2.24) is 15.0 Å². The van der Waals surface area contributed by atoms with Gasteiger partial charge in [0.2, 0.25) is 0 Å². The number of hydrogen-bond acceptors (Lipinski definition) is 5. The highest BCUT2D eigenvalue weighted by atomic mass is 16.3. The minimum absolute atomic E-state index is 0.0725. The molecule has 0 aromatic carbocycles. The van der Waals surface area contributed by atoms with Crippen LogP contribution in [0.4, 0.5) is 0 Å².